The molecule has 118 valence electrons. The quantitative estimate of drug-likeness (QED) is 0.475. The van der Waals surface area contributed by atoms with Crippen molar-refractivity contribution in [2.45, 2.75) is 25.7 Å². The Bertz CT molecular complexity index is 794. The lowest BCUT2D eigenvalue weighted by Crippen LogP contribution is -2.08. The van der Waals surface area contributed by atoms with E-state index in [1.165, 1.54) is 19.2 Å². The molecule has 5 nitrogen and oxygen atoms in total. The summed E-state index contributed by atoms with van der Waals surface area (Å²) < 4.78 is 5.28. The summed E-state index contributed by atoms with van der Waals surface area (Å²) in [5, 5.41) is 11.1. The smallest absolute Gasteiger partial charge is 0.270 e. The first-order chi connectivity index (χ1) is 11.0. The van der Waals surface area contributed by atoms with Crippen molar-refractivity contribution in [3.8, 4) is 5.75 Å². The van der Waals surface area contributed by atoms with E-state index in [1.54, 1.807) is 18.2 Å². The van der Waals surface area contributed by atoms with E-state index in [4.69, 9.17) is 4.74 Å². The van der Waals surface area contributed by atoms with Gasteiger partial charge in [-0.1, -0.05) is 17.7 Å². The zero-order valence-corrected chi connectivity index (χ0v) is 13.0. The summed E-state index contributed by atoms with van der Waals surface area (Å²) in [5.74, 6) is 0.579. The summed E-state index contributed by atoms with van der Waals surface area (Å²) in [7, 11) is 1.51. The molecule has 0 unspecified atom stereocenters. The Labute approximate surface area is 134 Å². The van der Waals surface area contributed by atoms with Gasteiger partial charge in [-0.3, -0.25) is 14.9 Å². The van der Waals surface area contributed by atoms with E-state index in [2.05, 4.69) is 0 Å². The molecule has 5 heteroatoms. The zero-order chi connectivity index (χ0) is 16.6. The molecular formula is C18H17NO4. The van der Waals surface area contributed by atoms with E-state index in [0.29, 0.717) is 22.8 Å². The van der Waals surface area contributed by atoms with Gasteiger partial charge in [-0.2, -0.15) is 0 Å². The van der Waals surface area contributed by atoms with Crippen LogP contribution < -0.4 is 4.74 Å². The first-order valence-corrected chi connectivity index (χ1v) is 7.49. The average molecular weight is 311 g/mol. The second-order valence-electron chi connectivity index (χ2n) is 5.84. The minimum Gasteiger partial charge on any atom is -0.496 e. The van der Waals surface area contributed by atoms with Crippen LogP contribution in [-0.2, 0) is 0 Å². The van der Waals surface area contributed by atoms with Crippen LogP contribution in [0.4, 0.5) is 5.69 Å². The van der Waals surface area contributed by atoms with Gasteiger partial charge in [-0.05, 0) is 43.4 Å². The molecule has 0 spiro atoms. The summed E-state index contributed by atoms with van der Waals surface area (Å²) in [6.07, 6.45) is 2.03. The molecule has 2 aromatic carbocycles. The van der Waals surface area contributed by atoms with Crippen molar-refractivity contribution in [2.24, 2.45) is 0 Å². The Morgan fingerprint density at radius 1 is 1.17 bits per heavy atom. The molecule has 1 saturated carbocycles. The van der Waals surface area contributed by atoms with Gasteiger partial charge in [-0.25, -0.2) is 0 Å². The molecule has 1 fully saturated rings. The third-order valence-electron chi connectivity index (χ3n) is 4.11. The number of ketones is 1. The number of hydrogen-bond donors (Lipinski definition) is 0. The lowest BCUT2D eigenvalue weighted by molar-refractivity contribution is -0.384. The van der Waals surface area contributed by atoms with Gasteiger partial charge in [0.2, 0.25) is 0 Å². The Morgan fingerprint density at radius 3 is 2.52 bits per heavy atom. The Kier molecular flexibility index (Phi) is 3.86. The number of nitrogens with zero attached hydrogens (tertiary/aromatic N) is 1. The van der Waals surface area contributed by atoms with Crippen LogP contribution in [0.3, 0.4) is 0 Å². The Morgan fingerprint density at radius 2 is 1.91 bits per heavy atom. The number of methoxy groups -OCH3 is 1. The molecule has 3 rings (SSSR count). The Hall–Kier alpha value is -2.69. The summed E-state index contributed by atoms with van der Waals surface area (Å²) in [5.41, 5.74) is 2.61. The highest BCUT2D eigenvalue weighted by atomic mass is 16.6. The van der Waals surface area contributed by atoms with E-state index in [1.807, 2.05) is 13.0 Å². The van der Waals surface area contributed by atoms with Crippen molar-refractivity contribution < 1.29 is 14.5 Å². The van der Waals surface area contributed by atoms with Crippen LogP contribution in [0.1, 0.15) is 45.8 Å². The van der Waals surface area contributed by atoms with Crippen LogP contribution in [-0.4, -0.2) is 17.8 Å². The molecule has 2 aromatic rings. The number of benzene rings is 2. The maximum atomic E-state index is 13.0. The molecule has 0 N–H and O–H groups in total. The summed E-state index contributed by atoms with van der Waals surface area (Å²) in [6.45, 7) is 1.89. The highest BCUT2D eigenvalue weighted by Gasteiger charge is 2.30. The van der Waals surface area contributed by atoms with Crippen molar-refractivity contribution in [2.75, 3.05) is 7.11 Å². The number of nitro groups is 1. The first kappa shape index (κ1) is 15.2. The number of rotatable bonds is 5. The SMILES string of the molecule is COc1ccc(C)cc1C(=O)c1cc([N+](=O)[O-])ccc1C1CC1. The molecule has 0 radical (unpaired) electrons. The molecule has 0 saturated heterocycles. The summed E-state index contributed by atoms with van der Waals surface area (Å²) in [6, 6.07) is 9.94. The number of hydrogen-bond acceptors (Lipinski definition) is 4. The predicted octanol–water partition coefficient (Wildman–Crippen LogP) is 4.02. The maximum Gasteiger partial charge on any atom is 0.270 e. The molecule has 23 heavy (non-hydrogen) atoms. The first-order valence-electron chi connectivity index (χ1n) is 7.49. The Balaban J connectivity index is 2.13. The average Bonchev–Trinajstić information content (AvgIpc) is 3.38. The van der Waals surface area contributed by atoms with Crippen LogP contribution in [0.2, 0.25) is 0 Å². The number of ether oxygens (including phenoxy) is 1. The van der Waals surface area contributed by atoms with Crippen LogP contribution in [0.15, 0.2) is 36.4 Å². The van der Waals surface area contributed by atoms with E-state index in [0.717, 1.165) is 24.0 Å². The van der Waals surface area contributed by atoms with E-state index >= 15 is 0 Å². The molecule has 0 aliphatic heterocycles. The normalized spacial score (nSPS) is 13.7. The second-order valence-corrected chi connectivity index (χ2v) is 5.84. The van der Waals surface area contributed by atoms with Crippen LogP contribution in [0.25, 0.3) is 0 Å². The van der Waals surface area contributed by atoms with Crippen molar-refractivity contribution in [3.05, 3.63) is 68.8 Å². The lowest BCUT2D eigenvalue weighted by Gasteiger charge is -2.12. The molecule has 0 aromatic heterocycles. The fourth-order valence-corrected chi connectivity index (χ4v) is 2.75. The van der Waals surface area contributed by atoms with Crippen LogP contribution in [0.5, 0.6) is 5.75 Å². The highest BCUT2D eigenvalue weighted by molar-refractivity contribution is 6.12. The second kappa shape index (κ2) is 5.83. The highest BCUT2D eigenvalue weighted by Crippen LogP contribution is 2.43. The molecule has 1 aliphatic rings. The fraction of sp³-hybridized carbons (Fsp3) is 0.278. The largest absolute Gasteiger partial charge is 0.496 e. The lowest BCUT2D eigenvalue weighted by atomic mass is 9.94. The third kappa shape index (κ3) is 2.95. The number of nitro benzene ring substituents is 1. The van der Waals surface area contributed by atoms with Crippen molar-refractivity contribution in [3.63, 3.8) is 0 Å². The number of carbonyl (C=O) groups is 1. The van der Waals surface area contributed by atoms with Gasteiger partial charge in [0.05, 0.1) is 17.6 Å². The van der Waals surface area contributed by atoms with Crippen LogP contribution >= 0.6 is 0 Å². The molecule has 1 aliphatic carbocycles. The molecule has 0 bridgehead atoms. The minimum absolute atomic E-state index is 0.0654. The third-order valence-corrected chi connectivity index (χ3v) is 4.11. The topological polar surface area (TPSA) is 69.4 Å². The van der Waals surface area contributed by atoms with Gasteiger partial charge in [-0.15, -0.1) is 0 Å². The predicted molar refractivity (Wildman–Crippen MR) is 86.2 cm³/mol. The standard InChI is InChI=1S/C18H17NO4/c1-11-3-8-17(23-2)16(9-11)18(20)15-10-13(19(21)22)6-7-14(15)12-4-5-12/h3,6-10,12H,4-5H2,1-2H3. The summed E-state index contributed by atoms with van der Waals surface area (Å²) in [4.78, 5) is 23.6. The minimum atomic E-state index is -0.471. The maximum absolute atomic E-state index is 13.0. The van der Waals surface area contributed by atoms with Gasteiger partial charge >= 0.3 is 0 Å². The number of aryl methyl sites for hydroxylation is 1. The summed E-state index contributed by atoms with van der Waals surface area (Å²) >= 11 is 0. The van der Waals surface area contributed by atoms with E-state index in [9.17, 15) is 14.9 Å². The van der Waals surface area contributed by atoms with Crippen molar-refractivity contribution >= 4 is 11.5 Å². The molecule has 0 amide bonds. The number of carbonyl (C=O) groups excluding carboxylic acids is 1. The number of non-ortho nitro benzene ring substituents is 1. The van der Waals surface area contributed by atoms with Gasteiger partial charge < -0.3 is 4.74 Å². The van der Waals surface area contributed by atoms with E-state index < -0.39 is 4.92 Å². The van der Waals surface area contributed by atoms with Gasteiger partial charge in [0.25, 0.3) is 5.69 Å². The zero-order valence-electron chi connectivity index (χ0n) is 13.0. The van der Waals surface area contributed by atoms with Gasteiger partial charge in [0, 0.05) is 17.7 Å². The molecule has 0 heterocycles. The molecular weight excluding hydrogens is 294 g/mol. The monoisotopic (exact) mass is 311 g/mol. The van der Waals surface area contributed by atoms with Crippen molar-refractivity contribution in [1.82, 2.24) is 0 Å². The van der Waals surface area contributed by atoms with Gasteiger partial charge in [0.1, 0.15) is 5.75 Å². The van der Waals surface area contributed by atoms with Crippen molar-refractivity contribution in [1.29, 1.82) is 0 Å². The van der Waals surface area contributed by atoms with E-state index in [-0.39, 0.29) is 11.5 Å². The van der Waals surface area contributed by atoms with Crippen LogP contribution in [0, 0.1) is 17.0 Å². The fourth-order valence-electron chi connectivity index (χ4n) is 2.75. The van der Waals surface area contributed by atoms with Gasteiger partial charge in [0.15, 0.2) is 5.78 Å². The molecule has 0 atom stereocenters.